The van der Waals surface area contributed by atoms with Gasteiger partial charge in [0.25, 0.3) is 11.7 Å². The van der Waals surface area contributed by atoms with Gasteiger partial charge in [-0.25, -0.2) is 4.79 Å². The van der Waals surface area contributed by atoms with Gasteiger partial charge in [-0.15, -0.1) is 0 Å². The van der Waals surface area contributed by atoms with Crippen molar-refractivity contribution >= 4 is 23.4 Å². The highest BCUT2D eigenvalue weighted by molar-refractivity contribution is 6.39. The molecule has 4 N–H and O–H groups in total. The molecule has 0 aromatic rings. The van der Waals surface area contributed by atoms with Gasteiger partial charge in [-0.2, -0.15) is 0 Å². The lowest BCUT2D eigenvalue weighted by Crippen LogP contribution is -2.61. The molecular formula is C51H81NO13. The first-order chi connectivity index (χ1) is 30.7. The molecule has 368 valence electrons. The topological polar surface area (TPSA) is 199 Å². The van der Waals surface area contributed by atoms with Crippen LogP contribution in [0.4, 0.5) is 0 Å². The fourth-order valence-electron chi connectivity index (χ4n) is 10.3. The van der Waals surface area contributed by atoms with Gasteiger partial charge in [0.15, 0.2) is 5.78 Å². The lowest BCUT2D eigenvalue weighted by atomic mass is 9.78. The van der Waals surface area contributed by atoms with E-state index in [9.17, 15) is 39.6 Å². The predicted octanol–water partition coefficient (Wildman–Crippen LogP) is 5.97. The molecule has 3 fully saturated rings. The van der Waals surface area contributed by atoms with Crippen LogP contribution in [0, 0.1) is 35.5 Å². The normalized spacial score (nSPS) is 41.5. The molecule has 3 aliphatic heterocycles. The largest absolute Gasteiger partial charge is 0.460 e. The number of ketones is 2. The summed E-state index contributed by atoms with van der Waals surface area (Å²) in [6, 6.07) is -1.08. The van der Waals surface area contributed by atoms with Crippen molar-refractivity contribution < 1.29 is 63.3 Å². The zero-order chi connectivity index (χ0) is 48.2. The van der Waals surface area contributed by atoms with Gasteiger partial charge in [-0.3, -0.25) is 14.4 Å². The summed E-state index contributed by atoms with van der Waals surface area (Å²) in [5.41, 5.74) is 1.27. The summed E-state index contributed by atoms with van der Waals surface area (Å²) in [4.78, 5) is 57.6. The molecule has 1 aliphatic carbocycles. The molecule has 0 unspecified atom stereocenters. The van der Waals surface area contributed by atoms with E-state index < -0.39 is 89.8 Å². The summed E-state index contributed by atoms with van der Waals surface area (Å²) in [6.07, 6.45) is 11.1. The first kappa shape index (κ1) is 54.5. The fourth-order valence-corrected chi connectivity index (χ4v) is 10.3. The summed E-state index contributed by atoms with van der Waals surface area (Å²) in [6.45, 7) is 13.0. The molecule has 3 heterocycles. The number of cyclic esters (lactones) is 1. The fraction of sp³-hybridized carbons (Fsp3) is 0.765. The van der Waals surface area contributed by atoms with Crippen molar-refractivity contribution in [2.24, 2.45) is 35.5 Å². The Labute approximate surface area is 387 Å². The van der Waals surface area contributed by atoms with E-state index in [1.165, 1.54) is 4.90 Å². The number of rotatable bonds is 6. The number of aliphatic hydroxyl groups is 4. The standard InChI is InChI=1S/C51H81NO13/c1-30-16-12-11-13-17-31(2)41(61-8)28-38-21-19-36(7)51(60,65-38)48(57)49(58)52-23-15-14-18-39(52)50(59)64-43(33(4)26-37-20-22-40(53)44(27-37)63-10)29-42(62-9)32(3)25-35(6)46(55)47(56)45(54)34(5)24-30/h11-13,16-17,25,30,32-34,36-44,46-47,53,55-56,60H,14-15,18-24,26-29H2,1-10H3/b13-11+,16-12+,31-17+,35-25+/t30-,32-,33-,34-,36-,37+,38+,39+,40-,41+,42-,43+,44-,46-,47+,51-/m1/s1. The van der Waals surface area contributed by atoms with E-state index in [-0.39, 0.29) is 49.2 Å². The van der Waals surface area contributed by atoms with Gasteiger partial charge in [0, 0.05) is 58.5 Å². The minimum atomic E-state index is -2.41. The number of esters is 1. The molecule has 65 heavy (non-hydrogen) atoms. The molecule has 0 spiro atoms. The van der Waals surface area contributed by atoms with E-state index in [4.69, 9.17) is 23.7 Å². The first-order valence-corrected chi connectivity index (χ1v) is 24.1. The number of carbonyl (C=O) groups excluding carboxylic acids is 4. The van der Waals surface area contributed by atoms with Crippen molar-refractivity contribution in [2.75, 3.05) is 27.9 Å². The zero-order valence-electron chi connectivity index (χ0n) is 40.7. The summed E-state index contributed by atoms with van der Waals surface area (Å²) < 4.78 is 30.0. The monoisotopic (exact) mass is 916 g/mol. The molecule has 0 aromatic carbocycles. The Bertz CT molecular complexity index is 1710. The molecule has 14 heteroatoms. The Morgan fingerprint density at radius 3 is 2.18 bits per heavy atom. The number of hydrogen-bond acceptors (Lipinski definition) is 13. The maximum atomic E-state index is 14.5. The van der Waals surface area contributed by atoms with Crippen LogP contribution in [0.1, 0.15) is 126 Å². The maximum Gasteiger partial charge on any atom is 0.329 e. The minimum absolute atomic E-state index is 0.00890. The van der Waals surface area contributed by atoms with E-state index in [2.05, 4.69) is 0 Å². The molecule has 4 rings (SSSR count). The van der Waals surface area contributed by atoms with Gasteiger partial charge < -0.3 is 49.0 Å². The Hall–Kier alpha value is -3.08. The van der Waals surface area contributed by atoms with Crippen LogP contribution < -0.4 is 0 Å². The first-order valence-electron chi connectivity index (χ1n) is 24.1. The maximum absolute atomic E-state index is 14.5. The van der Waals surface area contributed by atoms with Crippen molar-refractivity contribution in [3.05, 3.63) is 47.6 Å². The van der Waals surface area contributed by atoms with Crippen molar-refractivity contribution in [3.8, 4) is 0 Å². The highest BCUT2D eigenvalue weighted by atomic mass is 16.6. The number of piperidine rings is 1. The van der Waals surface area contributed by atoms with Crippen LogP contribution in [0.15, 0.2) is 47.6 Å². The van der Waals surface area contributed by atoms with E-state index >= 15 is 0 Å². The number of amides is 1. The van der Waals surface area contributed by atoms with Gasteiger partial charge >= 0.3 is 5.97 Å². The number of ether oxygens (including phenoxy) is 5. The number of allylic oxidation sites excluding steroid dienone is 5. The molecule has 1 saturated carbocycles. The molecule has 0 radical (unpaired) electrons. The van der Waals surface area contributed by atoms with Crippen LogP contribution >= 0.6 is 0 Å². The number of fused-ring (bicyclic) bond motifs is 3. The molecular weight excluding hydrogens is 835 g/mol. The average Bonchev–Trinajstić information content (AvgIpc) is 3.29. The van der Waals surface area contributed by atoms with Crippen molar-refractivity contribution in [1.29, 1.82) is 0 Å². The van der Waals surface area contributed by atoms with E-state index in [0.717, 1.165) is 12.0 Å². The highest BCUT2D eigenvalue weighted by Gasteiger charge is 2.53. The Morgan fingerprint density at radius 1 is 0.800 bits per heavy atom. The van der Waals surface area contributed by atoms with Gasteiger partial charge in [-0.05, 0) is 107 Å². The molecule has 2 bridgehead atoms. The van der Waals surface area contributed by atoms with E-state index in [1.807, 2.05) is 58.1 Å². The van der Waals surface area contributed by atoms with Crippen molar-refractivity contribution in [3.63, 3.8) is 0 Å². The summed E-state index contributed by atoms with van der Waals surface area (Å²) in [7, 11) is 4.72. The Kier molecular flexibility index (Phi) is 21.3. The molecule has 1 amide bonds. The molecule has 0 aromatic heterocycles. The lowest BCUT2D eigenvalue weighted by Gasteiger charge is -2.43. The molecule has 2 saturated heterocycles. The smallest absolute Gasteiger partial charge is 0.329 e. The number of hydrogen-bond donors (Lipinski definition) is 4. The van der Waals surface area contributed by atoms with Crippen LogP contribution in [-0.4, -0.2) is 137 Å². The second-order valence-electron chi connectivity index (χ2n) is 19.8. The third-order valence-corrected chi connectivity index (χ3v) is 14.7. The summed E-state index contributed by atoms with van der Waals surface area (Å²) in [5.74, 6) is -7.27. The third-order valence-electron chi connectivity index (χ3n) is 14.7. The lowest BCUT2D eigenvalue weighted by molar-refractivity contribution is -0.265. The van der Waals surface area contributed by atoms with Crippen molar-refractivity contribution in [1.82, 2.24) is 4.90 Å². The SMILES string of the molecule is CO[C@H]1C[C@@H]2CC[C@@H](C)[C@@](O)(O2)C(=O)C(=O)N2CCCC[C@H]2C(=O)O[C@H]([C@H](C)C[C@@H]2CC[C@@H](O)[C@H](OC)C2)C[C@@H](OC)[C@H](C)/C=C(\C)[C@@H](O)[C@@H](O)C(=O)[C@H](C)C[C@H](C)/C=C/C=C/C=C/1C. The van der Waals surface area contributed by atoms with Crippen LogP contribution in [0.2, 0.25) is 0 Å². The highest BCUT2D eigenvalue weighted by Crippen LogP contribution is 2.38. The second kappa shape index (κ2) is 25.3. The number of Topliss-reactive ketones (excluding diaryl/α,β-unsaturated/α-hetero) is 2. The zero-order valence-corrected chi connectivity index (χ0v) is 40.7. The number of carbonyl (C=O) groups is 4. The van der Waals surface area contributed by atoms with Crippen molar-refractivity contribution in [2.45, 2.75) is 186 Å². The average molecular weight is 916 g/mol. The number of methoxy groups -OCH3 is 3. The van der Waals surface area contributed by atoms with E-state index in [1.54, 1.807) is 48.2 Å². The molecule has 16 atom stereocenters. The Morgan fingerprint density at radius 2 is 1.51 bits per heavy atom. The van der Waals surface area contributed by atoms with Gasteiger partial charge in [0.2, 0.25) is 5.79 Å². The quantitative estimate of drug-likeness (QED) is 0.138. The van der Waals surface area contributed by atoms with Gasteiger partial charge in [-0.1, -0.05) is 71.1 Å². The number of aliphatic hydroxyl groups excluding tert-OH is 3. The van der Waals surface area contributed by atoms with Gasteiger partial charge in [0.1, 0.15) is 24.4 Å². The van der Waals surface area contributed by atoms with Crippen LogP contribution in [0.5, 0.6) is 0 Å². The minimum Gasteiger partial charge on any atom is -0.460 e. The third kappa shape index (κ3) is 14.5. The Balaban J connectivity index is 1.71. The van der Waals surface area contributed by atoms with Gasteiger partial charge in [0.05, 0.1) is 30.5 Å². The summed E-state index contributed by atoms with van der Waals surface area (Å²) >= 11 is 0. The summed E-state index contributed by atoms with van der Waals surface area (Å²) in [5, 5.41) is 44.8. The van der Waals surface area contributed by atoms with E-state index in [0.29, 0.717) is 63.4 Å². The molecule has 14 nitrogen and oxygen atoms in total. The number of nitrogens with zero attached hydrogens (tertiary/aromatic N) is 1. The van der Waals surface area contributed by atoms with Crippen LogP contribution in [-0.2, 0) is 42.9 Å². The second-order valence-corrected chi connectivity index (χ2v) is 19.8. The predicted molar refractivity (Wildman–Crippen MR) is 246 cm³/mol. The molecule has 4 aliphatic rings. The van der Waals surface area contributed by atoms with Crippen LogP contribution in [0.25, 0.3) is 0 Å². The van der Waals surface area contributed by atoms with Crippen LogP contribution in [0.3, 0.4) is 0 Å².